The molecular weight excluding hydrogens is 279 g/mol. The van der Waals surface area contributed by atoms with Gasteiger partial charge in [0.1, 0.15) is 5.75 Å². The van der Waals surface area contributed by atoms with E-state index in [0.29, 0.717) is 0 Å². The van der Waals surface area contributed by atoms with Crippen LogP contribution in [0.4, 0.5) is 0 Å². The van der Waals surface area contributed by atoms with E-state index in [0.717, 1.165) is 11.3 Å². The summed E-state index contributed by atoms with van der Waals surface area (Å²) in [5, 5.41) is 0. The number of methoxy groups -OCH3 is 2. The van der Waals surface area contributed by atoms with Crippen molar-refractivity contribution in [3.63, 3.8) is 0 Å². The molecule has 0 saturated heterocycles. The van der Waals surface area contributed by atoms with Gasteiger partial charge in [-0.1, -0.05) is 0 Å². The number of benzene rings is 1. The smallest absolute Gasteiger partial charge is 0.126 e. The van der Waals surface area contributed by atoms with Crippen molar-refractivity contribution in [2.45, 2.75) is 0 Å². The molecule has 1 aromatic carbocycles. The standard InChI is InChI=1S/C10H11IO2/c1-12-6-5-8-7-9(11)3-4-10(8)13-2/h3-7H,1-2H3/b6-5+. The molecule has 3 heteroatoms. The van der Waals surface area contributed by atoms with Crippen LogP contribution in [0, 0.1) is 3.57 Å². The predicted octanol–water partition coefficient (Wildman–Crippen LogP) is 2.92. The van der Waals surface area contributed by atoms with Crippen molar-refractivity contribution in [3.8, 4) is 5.75 Å². The summed E-state index contributed by atoms with van der Waals surface area (Å²) in [6, 6.07) is 5.98. The largest absolute Gasteiger partial charge is 0.504 e. The summed E-state index contributed by atoms with van der Waals surface area (Å²) < 4.78 is 11.2. The lowest BCUT2D eigenvalue weighted by atomic mass is 10.2. The normalized spacial score (nSPS) is 10.4. The highest BCUT2D eigenvalue weighted by Gasteiger charge is 1.99. The van der Waals surface area contributed by atoms with Gasteiger partial charge in [0.25, 0.3) is 0 Å². The molecule has 0 fully saturated rings. The first-order valence-electron chi connectivity index (χ1n) is 3.81. The van der Waals surface area contributed by atoms with Gasteiger partial charge in [-0.3, -0.25) is 0 Å². The third kappa shape index (κ3) is 2.91. The topological polar surface area (TPSA) is 18.5 Å². The van der Waals surface area contributed by atoms with E-state index < -0.39 is 0 Å². The van der Waals surface area contributed by atoms with Crippen LogP contribution in [0.25, 0.3) is 6.08 Å². The highest BCUT2D eigenvalue weighted by Crippen LogP contribution is 2.21. The molecule has 2 nitrogen and oxygen atoms in total. The Balaban J connectivity index is 3.01. The van der Waals surface area contributed by atoms with E-state index in [2.05, 4.69) is 22.6 Å². The average molecular weight is 290 g/mol. The van der Waals surface area contributed by atoms with E-state index in [1.54, 1.807) is 20.5 Å². The Labute approximate surface area is 91.7 Å². The van der Waals surface area contributed by atoms with Gasteiger partial charge in [-0.2, -0.15) is 0 Å². The second kappa shape index (κ2) is 5.11. The Kier molecular flexibility index (Phi) is 4.08. The maximum absolute atomic E-state index is 5.19. The van der Waals surface area contributed by atoms with Crippen molar-refractivity contribution in [1.82, 2.24) is 0 Å². The Morgan fingerprint density at radius 3 is 2.69 bits per heavy atom. The molecule has 0 saturated carbocycles. The summed E-state index contributed by atoms with van der Waals surface area (Å²) >= 11 is 2.26. The molecule has 1 rings (SSSR count). The van der Waals surface area contributed by atoms with Crippen LogP contribution in [0.5, 0.6) is 5.75 Å². The Morgan fingerprint density at radius 2 is 2.08 bits per heavy atom. The van der Waals surface area contributed by atoms with Gasteiger partial charge >= 0.3 is 0 Å². The van der Waals surface area contributed by atoms with Crippen molar-refractivity contribution in [2.24, 2.45) is 0 Å². The highest BCUT2D eigenvalue weighted by molar-refractivity contribution is 14.1. The molecule has 0 heterocycles. The van der Waals surface area contributed by atoms with Crippen LogP contribution < -0.4 is 4.74 Å². The summed E-state index contributed by atoms with van der Waals surface area (Å²) in [4.78, 5) is 0. The number of rotatable bonds is 3. The minimum atomic E-state index is 0.855. The van der Waals surface area contributed by atoms with Crippen molar-refractivity contribution >= 4 is 28.7 Å². The predicted molar refractivity (Wildman–Crippen MR) is 61.8 cm³/mol. The van der Waals surface area contributed by atoms with Crippen LogP contribution in [0.3, 0.4) is 0 Å². The molecule has 70 valence electrons. The minimum absolute atomic E-state index is 0.855. The second-order valence-corrected chi connectivity index (χ2v) is 3.67. The second-order valence-electron chi connectivity index (χ2n) is 2.42. The Hall–Kier alpha value is -0.710. The highest BCUT2D eigenvalue weighted by atomic mass is 127. The van der Waals surface area contributed by atoms with E-state index >= 15 is 0 Å². The van der Waals surface area contributed by atoms with Gasteiger partial charge in [0.2, 0.25) is 0 Å². The van der Waals surface area contributed by atoms with Crippen LogP contribution in [0.15, 0.2) is 24.5 Å². The monoisotopic (exact) mass is 290 g/mol. The molecule has 0 spiro atoms. The van der Waals surface area contributed by atoms with Gasteiger partial charge in [0.15, 0.2) is 0 Å². The molecule has 13 heavy (non-hydrogen) atoms. The van der Waals surface area contributed by atoms with Crippen molar-refractivity contribution in [2.75, 3.05) is 14.2 Å². The molecule has 0 unspecified atom stereocenters. The molecule has 0 bridgehead atoms. The van der Waals surface area contributed by atoms with Crippen molar-refractivity contribution in [3.05, 3.63) is 33.6 Å². The molecule has 0 aliphatic heterocycles. The average Bonchev–Trinajstić information content (AvgIpc) is 2.15. The molecule has 0 aromatic heterocycles. The maximum Gasteiger partial charge on any atom is 0.126 e. The molecule has 0 aliphatic rings. The van der Waals surface area contributed by atoms with Crippen molar-refractivity contribution in [1.29, 1.82) is 0 Å². The zero-order chi connectivity index (χ0) is 9.68. The maximum atomic E-state index is 5.19. The van der Waals surface area contributed by atoms with E-state index in [4.69, 9.17) is 9.47 Å². The van der Waals surface area contributed by atoms with Crippen LogP contribution >= 0.6 is 22.6 Å². The Bertz CT molecular complexity index is 308. The lowest BCUT2D eigenvalue weighted by molar-refractivity contribution is 0.341. The molecule has 0 radical (unpaired) electrons. The molecular formula is C10H11IO2. The van der Waals surface area contributed by atoms with Gasteiger partial charge in [-0.25, -0.2) is 0 Å². The third-order valence-electron chi connectivity index (χ3n) is 1.58. The quantitative estimate of drug-likeness (QED) is 0.629. The van der Waals surface area contributed by atoms with Crippen LogP contribution in [0.1, 0.15) is 5.56 Å². The fourth-order valence-corrected chi connectivity index (χ4v) is 1.49. The van der Waals surface area contributed by atoms with Crippen LogP contribution in [-0.2, 0) is 4.74 Å². The van der Waals surface area contributed by atoms with Crippen LogP contribution in [-0.4, -0.2) is 14.2 Å². The molecule has 0 aliphatic carbocycles. The lowest BCUT2D eigenvalue weighted by Gasteiger charge is -2.04. The van der Waals surface area contributed by atoms with E-state index in [1.807, 2.05) is 24.3 Å². The third-order valence-corrected chi connectivity index (χ3v) is 2.25. The molecule has 0 N–H and O–H groups in total. The molecule has 0 atom stereocenters. The fourth-order valence-electron chi connectivity index (χ4n) is 0.977. The molecule has 1 aromatic rings. The first-order valence-corrected chi connectivity index (χ1v) is 4.88. The summed E-state index contributed by atoms with van der Waals surface area (Å²) in [5.74, 6) is 0.855. The minimum Gasteiger partial charge on any atom is -0.504 e. The summed E-state index contributed by atoms with van der Waals surface area (Å²) in [7, 11) is 3.28. The van der Waals surface area contributed by atoms with Crippen molar-refractivity contribution < 1.29 is 9.47 Å². The number of ether oxygens (including phenoxy) is 2. The fraction of sp³-hybridized carbons (Fsp3) is 0.200. The van der Waals surface area contributed by atoms with Gasteiger partial charge in [0, 0.05) is 9.13 Å². The first-order chi connectivity index (χ1) is 6.27. The van der Waals surface area contributed by atoms with Gasteiger partial charge in [-0.15, -0.1) is 0 Å². The molecule has 0 amide bonds. The van der Waals surface area contributed by atoms with Gasteiger partial charge in [-0.05, 0) is 46.9 Å². The summed E-state index contributed by atoms with van der Waals surface area (Å²) in [6.45, 7) is 0. The number of halogens is 1. The van der Waals surface area contributed by atoms with E-state index in [9.17, 15) is 0 Å². The Morgan fingerprint density at radius 1 is 1.31 bits per heavy atom. The van der Waals surface area contributed by atoms with Gasteiger partial charge in [0.05, 0.1) is 20.5 Å². The number of hydrogen-bond donors (Lipinski definition) is 0. The lowest BCUT2D eigenvalue weighted by Crippen LogP contribution is -1.87. The zero-order valence-corrected chi connectivity index (χ0v) is 9.74. The SMILES string of the molecule is CO/C=C/c1cc(I)ccc1OC. The van der Waals surface area contributed by atoms with Crippen LogP contribution in [0.2, 0.25) is 0 Å². The van der Waals surface area contributed by atoms with E-state index in [-0.39, 0.29) is 0 Å². The van der Waals surface area contributed by atoms with Gasteiger partial charge < -0.3 is 9.47 Å². The van der Waals surface area contributed by atoms with E-state index in [1.165, 1.54) is 3.57 Å². The number of hydrogen-bond acceptors (Lipinski definition) is 2. The zero-order valence-electron chi connectivity index (χ0n) is 7.58. The summed E-state index contributed by atoms with van der Waals surface area (Å²) in [5.41, 5.74) is 1.02. The summed E-state index contributed by atoms with van der Waals surface area (Å²) in [6.07, 6.45) is 3.51. The first kappa shape index (κ1) is 10.4.